The molecule has 0 fully saturated rings. The van der Waals surface area contributed by atoms with E-state index < -0.39 is 0 Å². The number of nitrogens with zero attached hydrogens (tertiary/aromatic N) is 1. The van der Waals surface area contributed by atoms with Crippen molar-refractivity contribution in [2.45, 2.75) is 25.4 Å². The Labute approximate surface area is 154 Å². The van der Waals surface area contributed by atoms with E-state index in [0.29, 0.717) is 5.75 Å². The minimum atomic E-state index is 0.286. The maximum Gasteiger partial charge on any atom is 0.203 e. The number of methoxy groups -OCH3 is 4. The van der Waals surface area contributed by atoms with Crippen molar-refractivity contribution in [2.75, 3.05) is 35.0 Å². The van der Waals surface area contributed by atoms with Gasteiger partial charge in [-0.2, -0.15) is 0 Å². The average Bonchev–Trinajstić information content (AvgIpc) is 2.69. The summed E-state index contributed by atoms with van der Waals surface area (Å²) >= 11 is 0. The Morgan fingerprint density at radius 1 is 0.846 bits per heavy atom. The molecule has 0 radical (unpaired) electrons. The fraction of sp³-hybridized carbons (Fsp3) is 0.429. The summed E-state index contributed by atoms with van der Waals surface area (Å²) in [4.78, 5) is 2.53. The van der Waals surface area contributed by atoms with Crippen LogP contribution in [0.5, 0.6) is 23.0 Å². The first-order valence-corrected chi connectivity index (χ1v) is 8.91. The number of hydrogen-bond donors (Lipinski definition) is 0. The van der Waals surface area contributed by atoms with Gasteiger partial charge in [0.25, 0.3) is 0 Å². The van der Waals surface area contributed by atoms with E-state index in [4.69, 9.17) is 18.9 Å². The van der Waals surface area contributed by atoms with Gasteiger partial charge in [-0.1, -0.05) is 6.07 Å². The quantitative estimate of drug-likeness (QED) is 0.841. The maximum atomic E-state index is 5.80. The molecule has 4 rings (SSSR count). The summed E-state index contributed by atoms with van der Waals surface area (Å²) in [5, 5.41) is 0. The molecule has 0 aliphatic carbocycles. The van der Waals surface area contributed by atoms with E-state index in [-0.39, 0.29) is 6.04 Å². The van der Waals surface area contributed by atoms with Gasteiger partial charge >= 0.3 is 0 Å². The van der Waals surface area contributed by atoms with Crippen LogP contribution in [0.1, 0.15) is 28.3 Å². The fourth-order valence-electron chi connectivity index (χ4n) is 4.33. The van der Waals surface area contributed by atoms with Crippen LogP contribution in [0.4, 0.5) is 0 Å². The lowest BCUT2D eigenvalue weighted by Gasteiger charge is -2.42. The zero-order valence-corrected chi connectivity index (χ0v) is 15.8. The molecule has 2 heterocycles. The molecule has 0 saturated heterocycles. The maximum absolute atomic E-state index is 5.80. The second kappa shape index (κ2) is 6.72. The summed E-state index contributed by atoms with van der Waals surface area (Å²) in [6, 6.07) is 8.79. The van der Waals surface area contributed by atoms with Crippen LogP contribution in [0.3, 0.4) is 0 Å². The highest BCUT2D eigenvalue weighted by atomic mass is 16.5. The highest BCUT2D eigenvalue weighted by Crippen LogP contribution is 2.49. The summed E-state index contributed by atoms with van der Waals surface area (Å²) in [6.45, 7) is 1.95. The zero-order chi connectivity index (χ0) is 18.3. The van der Waals surface area contributed by atoms with Gasteiger partial charge in [-0.25, -0.2) is 0 Å². The van der Waals surface area contributed by atoms with Gasteiger partial charge in [0.15, 0.2) is 11.5 Å². The third-order valence-corrected chi connectivity index (χ3v) is 5.60. The number of hydrogen-bond acceptors (Lipinski definition) is 5. The summed E-state index contributed by atoms with van der Waals surface area (Å²) in [5.41, 5.74) is 5.25. The molecule has 138 valence electrons. The molecule has 5 nitrogen and oxygen atoms in total. The van der Waals surface area contributed by atoms with Gasteiger partial charge in [-0.3, -0.25) is 4.90 Å². The van der Waals surface area contributed by atoms with Crippen LogP contribution >= 0.6 is 0 Å². The van der Waals surface area contributed by atoms with Crippen LogP contribution in [0.15, 0.2) is 24.3 Å². The number of benzene rings is 2. The van der Waals surface area contributed by atoms with Crippen LogP contribution < -0.4 is 18.9 Å². The Hall–Kier alpha value is -2.40. The van der Waals surface area contributed by atoms with Gasteiger partial charge in [0.2, 0.25) is 5.75 Å². The lowest BCUT2D eigenvalue weighted by Crippen LogP contribution is -2.39. The first kappa shape index (κ1) is 17.0. The van der Waals surface area contributed by atoms with Gasteiger partial charge in [0.05, 0.1) is 28.4 Å². The van der Waals surface area contributed by atoms with Crippen molar-refractivity contribution < 1.29 is 18.9 Å². The standard InChI is InChI=1S/C21H25NO4/c1-23-16-6-5-13-10-17-19-14(7-8-22(17)12-15(13)9-16)11-18(24-2)20(25-3)21(19)26-4/h5-6,9,11,17H,7-8,10,12H2,1-4H3. The second-order valence-corrected chi connectivity index (χ2v) is 6.79. The normalized spacial score (nSPS) is 18.4. The molecule has 2 aromatic rings. The molecule has 2 aliphatic rings. The van der Waals surface area contributed by atoms with Crippen molar-refractivity contribution in [3.05, 3.63) is 46.5 Å². The first-order chi connectivity index (χ1) is 12.7. The molecule has 5 heteroatoms. The molecule has 1 unspecified atom stereocenters. The van der Waals surface area contributed by atoms with Crippen LogP contribution in [0.25, 0.3) is 0 Å². The van der Waals surface area contributed by atoms with Crippen molar-refractivity contribution in [2.24, 2.45) is 0 Å². The smallest absolute Gasteiger partial charge is 0.203 e. The van der Waals surface area contributed by atoms with Gasteiger partial charge in [-0.15, -0.1) is 0 Å². The predicted octanol–water partition coefficient (Wildman–Crippen LogP) is 3.38. The van der Waals surface area contributed by atoms with E-state index in [1.54, 1.807) is 28.4 Å². The molecule has 0 saturated carbocycles. The molecular weight excluding hydrogens is 330 g/mol. The lowest BCUT2D eigenvalue weighted by atomic mass is 9.83. The minimum absolute atomic E-state index is 0.286. The third kappa shape index (κ3) is 2.58. The largest absolute Gasteiger partial charge is 0.497 e. The van der Waals surface area contributed by atoms with E-state index >= 15 is 0 Å². The number of ether oxygens (including phenoxy) is 4. The highest BCUT2D eigenvalue weighted by molar-refractivity contribution is 5.61. The van der Waals surface area contributed by atoms with Crippen molar-refractivity contribution in [1.29, 1.82) is 0 Å². The molecule has 0 aromatic heterocycles. The summed E-state index contributed by atoms with van der Waals surface area (Å²) < 4.78 is 22.3. The highest BCUT2D eigenvalue weighted by Gasteiger charge is 2.36. The van der Waals surface area contributed by atoms with Gasteiger partial charge in [-0.05, 0) is 47.7 Å². The molecule has 2 aromatic carbocycles. The van der Waals surface area contributed by atoms with Gasteiger partial charge < -0.3 is 18.9 Å². The molecule has 2 aliphatic heterocycles. The molecule has 26 heavy (non-hydrogen) atoms. The zero-order valence-electron chi connectivity index (χ0n) is 15.8. The molecule has 1 atom stereocenters. The second-order valence-electron chi connectivity index (χ2n) is 6.79. The molecule has 0 bridgehead atoms. The monoisotopic (exact) mass is 355 g/mol. The minimum Gasteiger partial charge on any atom is -0.497 e. The SMILES string of the molecule is COc1ccc2c(c1)CN1CCc3cc(OC)c(OC)c(OC)c3C1C2. The van der Waals surface area contributed by atoms with Crippen molar-refractivity contribution in [3.8, 4) is 23.0 Å². The Morgan fingerprint density at radius 3 is 2.35 bits per heavy atom. The van der Waals surface area contributed by atoms with Gasteiger partial charge in [0.1, 0.15) is 5.75 Å². The Balaban J connectivity index is 1.81. The summed E-state index contributed by atoms with van der Waals surface area (Å²) in [7, 11) is 6.76. The summed E-state index contributed by atoms with van der Waals surface area (Å²) in [6.07, 6.45) is 1.93. The Bertz CT molecular complexity index is 833. The number of rotatable bonds is 4. The Morgan fingerprint density at radius 2 is 1.65 bits per heavy atom. The van der Waals surface area contributed by atoms with E-state index in [9.17, 15) is 0 Å². The van der Waals surface area contributed by atoms with Crippen molar-refractivity contribution in [3.63, 3.8) is 0 Å². The van der Waals surface area contributed by atoms with Crippen LogP contribution in [-0.2, 0) is 19.4 Å². The lowest BCUT2D eigenvalue weighted by molar-refractivity contribution is 0.155. The molecular formula is C21H25NO4. The molecule has 0 amide bonds. The van der Waals surface area contributed by atoms with E-state index in [1.807, 2.05) is 6.07 Å². The van der Waals surface area contributed by atoms with E-state index in [2.05, 4.69) is 23.1 Å². The third-order valence-electron chi connectivity index (χ3n) is 5.60. The van der Waals surface area contributed by atoms with Gasteiger partial charge in [0, 0.05) is 24.7 Å². The summed E-state index contributed by atoms with van der Waals surface area (Å²) in [5.74, 6) is 3.13. The Kier molecular flexibility index (Phi) is 4.41. The van der Waals surface area contributed by atoms with E-state index in [1.165, 1.54) is 22.3 Å². The van der Waals surface area contributed by atoms with Crippen LogP contribution in [-0.4, -0.2) is 39.9 Å². The number of fused-ring (bicyclic) bond motifs is 4. The fourth-order valence-corrected chi connectivity index (χ4v) is 4.33. The van der Waals surface area contributed by atoms with Crippen LogP contribution in [0, 0.1) is 0 Å². The topological polar surface area (TPSA) is 40.2 Å². The average molecular weight is 355 g/mol. The molecule has 0 N–H and O–H groups in total. The predicted molar refractivity (Wildman–Crippen MR) is 99.7 cm³/mol. The van der Waals surface area contributed by atoms with E-state index in [0.717, 1.165) is 43.2 Å². The van der Waals surface area contributed by atoms with Crippen molar-refractivity contribution >= 4 is 0 Å². The first-order valence-electron chi connectivity index (χ1n) is 8.91. The molecule has 0 spiro atoms. The van der Waals surface area contributed by atoms with Crippen LogP contribution in [0.2, 0.25) is 0 Å². The van der Waals surface area contributed by atoms with Crippen molar-refractivity contribution in [1.82, 2.24) is 4.90 Å².